The Morgan fingerprint density at radius 1 is 1.23 bits per heavy atom. The van der Waals surface area contributed by atoms with Crippen LogP contribution in [0.2, 0.25) is 10.0 Å². The molecule has 170 valence electrons. The minimum atomic E-state index is -0.355. The standard InChI is InChI=1S/C21H25Cl2N3O3S.ClH/c1-3-6-17-19(30-21-24-8-5-9-26(17)21)20(28)25(10-7-18(27)29-4-2)16-12-14(22)11-15(23)13-16;/h11-13H,3-10H2,1-2H3;1H. The van der Waals surface area contributed by atoms with Gasteiger partial charge in [0.15, 0.2) is 5.17 Å². The Morgan fingerprint density at radius 3 is 2.58 bits per heavy atom. The van der Waals surface area contributed by atoms with Gasteiger partial charge >= 0.3 is 5.97 Å². The van der Waals surface area contributed by atoms with Gasteiger partial charge in [0.05, 0.1) is 13.0 Å². The van der Waals surface area contributed by atoms with E-state index < -0.39 is 0 Å². The fourth-order valence-electron chi connectivity index (χ4n) is 3.45. The van der Waals surface area contributed by atoms with Gasteiger partial charge in [-0.3, -0.25) is 14.6 Å². The van der Waals surface area contributed by atoms with E-state index in [1.54, 1.807) is 30.0 Å². The van der Waals surface area contributed by atoms with Crippen molar-refractivity contribution in [1.82, 2.24) is 4.90 Å². The minimum absolute atomic E-state index is 0. The highest BCUT2D eigenvalue weighted by atomic mass is 35.5. The number of amides is 1. The molecular weight excluding hydrogens is 481 g/mol. The number of nitrogens with zero attached hydrogens (tertiary/aromatic N) is 3. The van der Waals surface area contributed by atoms with Crippen molar-refractivity contribution in [2.24, 2.45) is 4.99 Å². The molecule has 2 aliphatic rings. The van der Waals surface area contributed by atoms with Crippen molar-refractivity contribution in [3.8, 4) is 0 Å². The summed E-state index contributed by atoms with van der Waals surface area (Å²) in [6.45, 7) is 5.95. The monoisotopic (exact) mass is 505 g/mol. The van der Waals surface area contributed by atoms with Gasteiger partial charge in [-0.2, -0.15) is 0 Å². The molecule has 0 unspecified atom stereocenters. The number of fused-ring (bicyclic) bond motifs is 1. The summed E-state index contributed by atoms with van der Waals surface area (Å²) in [6, 6.07) is 4.98. The van der Waals surface area contributed by atoms with Crippen LogP contribution in [0.25, 0.3) is 0 Å². The largest absolute Gasteiger partial charge is 0.466 e. The first kappa shape index (κ1) is 25.8. The number of carbonyl (C=O) groups is 2. The molecule has 2 aliphatic heterocycles. The fraction of sp³-hybridized carbons (Fsp3) is 0.476. The zero-order valence-electron chi connectivity index (χ0n) is 17.5. The van der Waals surface area contributed by atoms with Crippen molar-refractivity contribution < 1.29 is 14.3 Å². The molecule has 0 saturated carbocycles. The Hall–Kier alpha value is -1.41. The molecule has 0 aliphatic carbocycles. The molecule has 10 heteroatoms. The van der Waals surface area contributed by atoms with Crippen LogP contribution in [0.4, 0.5) is 5.69 Å². The van der Waals surface area contributed by atoms with Gasteiger partial charge in [-0.05, 0) is 49.7 Å². The molecule has 0 atom stereocenters. The fourth-order valence-corrected chi connectivity index (χ4v) is 5.14. The minimum Gasteiger partial charge on any atom is -0.466 e. The molecular formula is C21H26Cl3N3O3S. The number of esters is 1. The summed E-state index contributed by atoms with van der Waals surface area (Å²) in [5.74, 6) is -0.532. The number of amidine groups is 1. The summed E-state index contributed by atoms with van der Waals surface area (Å²) < 4.78 is 5.04. The predicted octanol–water partition coefficient (Wildman–Crippen LogP) is 5.52. The lowest BCUT2D eigenvalue weighted by Gasteiger charge is -2.26. The van der Waals surface area contributed by atoms with E-state index in [-0.39, 0.29) is 37.2 Å². The summed E-state index contributed by atoms with van der Waals surface area (Å²) in [5, 5.41) is 1.73. The first-order valence-corrected chi connectivity index (χ1v) is 11.7. The van der Waals surface area contributed by atoms with Gasteiger partial charge in [0, 0.05) is 41.1 Å². The van der Waals surface area contributed by atoms with Crippen LogP contribution in [-0.2, 0) is 14.3 Å². The number of hydrogen-bond acceptors (Lipinski definition) is 6. The molecule has 0 radical (unpaired) electrons. The van der Waals surface area contributed by atoms with Gasteiger partial charge < -0.3 is 14.5 Å². The van der Waals surface area contributed by atoms with Gasteiger partial charge in [0.25, 0.3) is 5.91 Å². The molecule has 2 heterocycles. The maximum Gasteiger partial charge on any atom is 0.307 e. The molecule has 1 amide bonds. The van der Waals surface area contributed by atoms with Crippen LogP contribution in [-0.4, -0.2) is 48.2 Å². The molecule has 0 fully saturated rings. The third-order valence-electron chi connectivity index (χ3n) is 4.73. The van der Waals surface area contributed by atoms with Gasteiger partial charge in [0.2, 0.25) is 0 Å². The molecule has 0 bridgehead atoms. The molecule has 1 aromatic carbocycles. The van der Waals surface area contributed by atoms with Crippen molar-refractivity contribution in [2.75, 3.05) is 31.1 Å². The van der Waals surface area contributed by atoms with E-state index in [1.807, 2.05) is 0 Å². The second-order valence-corrected chi connectivity index (χ2v) is 8.79. The van der Waals surface area contributed by atoms with E-state index in [4.69, 9.17) is 27.9 Å². The van der Waals surface area contributed by atoms with Crippen LogP contribution < -0.4 is 4.90 Å². The molecule has 0 spiro atoms. The number of halogens is 3. The quantitative estimate of drug-likeness (QED) is 0.434. The zero-order valence-corrected chi connectivity index (χ0v) is 20.7. The normalized spacial score (nSPS) is 15.2. The summed E-state index contributed by atoms with van der Waals surface area (Å²) in [5.41, 5.74) is 1.55. The van der Waals surface area contributed by atoms with Crippen LogP contribution >= 0.6 is 47.4 Å². The van der Waals surface area contributed by atoms with E-state index in [0.29, 0.717) is 27.2 Å². The van der Waals surface area contributed by atoms with Gasteiger partial charge in [-0.15, -0.1) is 12.4 Å². The maximum absolute atomic E-state index is 13.7. The summed E-state index contributed by atoms with van der Waals surface area (Å²) >= 11 is 13.8. The van der Waals surface area contributed by atoms with E-state index in [0.717, 1.165) is 43.2 Å². The number of hydrogen-bond donors (Lipinski definition) is 0. The van der Waals surface area contributed by atoms with Crippen LogP contribution in [0.5, 0.6) is 0 Å². The van der Waals surface area contributed by atoms with Gasteiger partial charge in [0.1, 0.15) is 4.91 Å². The molecule has 1 aromatic rings. The number of ether oxygens (including phenoxy) is 1. The Morgan fingerprint density at radius 2 is 1.94 bits per heavy atom. The lowest BCUT2D eigenvalue weighted by Crippen LogP contribution is -2.34. The number of thioether (sulfide) groups is 1. The second kappa shape index (κ2) is 12.0. The molecule has 6 nitrogen and oxygen atoms in total. The summed E-state index contributed by atoms with van der Waals surface area (Å²) in [7, 11) is 0. The average molecular weight is 507 g/mol. The third-order valence-corrected chi connectivity index (χ3v) is 6.31. The Balaban J connectivity index is 0.00000341. The van der Waals surface area contributed by atoms with Crippen molar-refractivity contribution in [2.45, 2.75) is 39.5 Å². The molecule has 0 N–H and O–H groups in total. The van der Waals surface area contributed by atoms with E-state index in [9.17, 15) is 9.59 Å². The first-order valence-electron chi connectivity index (χ1n) is 10.1. The molecule has 31 heavy (non-hydrogen) atoms. The second-order valence-electron chi connectivity index (χ2n) is 6.94. The van der Waals surface area contributed by atoms with Crippen molar-refractivity contribution >= 4 is 70.1 Å². The topological polar surface area (TPSA) is 62.2 Å². The first-order chi connectivity index (χ1) is 14.4. The lowest BCUT2D eigenvalue weighted by atomic mass is 10.2. The highest BCUT2D eigenvalue weighted by Crippen LogP contribution is 2.40. The number of aliphatic imine (C=N–C) groups is 1. The van der Waals surface area contributed by atoms with Crippen molar-refractivity contribution in [3.63, 3.8) is 0 Å². The van der Waals surface area contributed by atoms with Gasteiger partial charge in [-0.25, -0.2) is 0 Å². The van der Waals surface area contributed by atoms with Crippen LogP contribution in [0.3, 0.4) is 0 Å². The molecule has 3 rings (SSSR count). The average Bonchev–Trinajstić information content (AvgIpc) is 3.06. The predicted molar refractivity (Wildman–Crippen MR) is 130 cm³/mol. The lowest BCUT2D eigenvalue weighted by molar-refractivity contribution is -0.142. The van der Waals surface area contributed by atoms with Crippen molar-refractivity contribution in [3.05, 3.63) is 38.8 Å². The van der Waals surface area contributed by atoms with Crippen LogP contribution in [0.1, 0.15) is 39.5 Å². The van der Waals surface area contributed by atoms with Crippen LogP contribution in [0, 0.1) is 0 Å². The van der Waals surface area contributed by atoms with E-state index in [1.165, 1.54) is 11.8 Å². The highest BCUT2D eigenvalue weighted by molar-refractivity contribution is 8.18. The molecule has 0 aromatic heterocycles. The number of allylic oxidation sites excluding steroid dienone is 1. The smallest absolute Gasteiger partial charge is 0.307 e. The number of carbonyl (C=O) groups excluding carboxylic acids is 2. The van der Waals surface area contributed by atoms with E-state index >= 15 is 0 Å². The summed E-state index contributed by atoms with van der Waals surface area (Å²) in [4.78, 5) is 34.6. The number of rotatable bonds is 8. The Labute approximate surface area is 203 Å². The molecule has 0 saturated heterocycles. The van der Waals surface area contributed by atoms with Crippen LogP contribution in [0.15, 0.2) is 33.8 Å². The summed E-state index contributed by atoms with van der Waals surface area (Å²) in [6.07, 6.45) is 2.75. The number of anilines is 1. The van der Waals surface area contributed by atoms with Crippen molar-refractivity contribution in [1.29, 1.82) is 0 Å². The Bertz CT molecular complexity index is 872. The maximum atomic E-state index is 13.7. The van der Waals surface area contributed by atoms with E-state index in [2.05, 4.69) is 16.8 Å². The zero-order chi connectivity index (χ0) is 21.7. The third kappa shape index (κ3) is 6.31. The SMILES string of the molecule is CCCC1=C(C(=O)N(CCC(=O)OCC)c2cc(Cl)cc(Cl)c2)SC2=NCCCN21.Cl. The number of benzene rings is 1. The highest BCUT2D eigenvalue weighted by Gasteiger charge is 2.36. The Kier molecular flexibility index (Phi) is 10.0. The van der Waals surface area contributed by atoms with Gasteiger partial charge in [-0.1, -0.05) is 36.5 Å².